The van der Waals surface area contributed by atoms with Gasteiger partial charge in [0.05, 0.1) is 11.7 Å². The smallest absolute Gasteiger partial charge is 0.422 e. The summed E-state index contributed by atoms with van der Waals surface area (Å²) in [6.45, 7) is 5.46. The SMILES string of the molecule is CC(C)(C)OC(=O)NNC(c1ccccc1)c1ccccn1. The Kier molecular flexibility index (Phi) is 5.12. The van der Waals surface area contributed by atoms with Crippen LogP contribution < -0.4 is 10.9 Å². The molecule has 1 aromatic carbocycles. The van der Waals surface area contributed by atoms with Crippen molar-refractivity contribution >= 4 is 6.09 Å². The van der Waals surface area contributed by atoms with Crippen LogP contribution in [0, 0.1) is 0 Å². The molecule has 0 fully saturated rings. The molecule has 0 aliphatic heterocycles. The first-order chi connectivity index (χ1) is 10.5. The van der Waals surface area contributed by atoms with Gasteiger partial charge < -0.3 is 4.74 Å². The van der Waals surface area contributed by atoms with Gasteiger partial charge in [0.2, 0.25) is 0 Å². The number of rotatable bonds is 4. The maximum atomic E-state index is 11.8. The van der Waals surface area contributed by atoms with E-state index in [1.807, 2.05) is 69.3 Å². The van der Waals surface area contributed by atoms with E-state index in [-0.39, 0.29) is 6.04 Å². The molecule has 116 valence electrons. The average molecular weight is 299 g/mol. The Morgan fingerprint density at radius 1 is 1.09 bits per heavy atom. The summed E-state index contributed by atoms with van der Waals surface area (Å²) < 4.78 is 5.23. The topological polar surface area (TPSA) is 63.2 Å². The van der Waals surface area contributed by atoms with Crippen molar-refractivity contribution in [2.75, 3.05) is 0 Å². The average Bonchev–Trinajstić information content (AvgIpc) is 2.48. The maximum Gasteiger partial charge on any atom is 0.422 e. The second-order valence-corrected chi connectivity index (χ2v) is 5.87. The van der Waals surface area contributed by atoms with E-state index in [2.05, 4.69) is 15.8 Å². The molecule has 5 nitrogen and oxygen atoms in total. The van der Waals surface area contributed by atoms with Crippen LogP contribution in [0.25, 0.3) is 0 Å². The van der Waals surface area contributed by atoms with Gasteiger partial charge in [-0.2, -0.15) is 0 Å². The molecule has 2 N–H and O–H groups in total. The largest absolute Gasteiger partial charge is 0.443 e. The van der Waals surface area contributed by atoms with E-state index in [0.717, 1.165) is 11.3 Å². The molecular formula is C17H21N3O2. The number of hydrogen-bond donors (Lipinski definition) is 2. The van der Waals surface area contributed by atoms with Crippen molar-refractivity contribution in [1.82, 2.24) is 15.8 Å². The number of hydrogen-bond acceptors (Lipinski definition) is 4. The van der Waals surface area contributed by atoms with Gasteiger partial charge in [0.1, 0.15) is 5.60 Å². The molecular weight excluding hydrogens is 278 g/mol. The van der Waals surface area contributed by atoms with Gasteiger partial charge in [-0.15, -0.1) is 0 Å². The van der Waals surface area contributed by atoms with Crippen molar-refractivity contribution in [3.8, 4) is 0 Å². The van der Waals surface area contributed by atoms with Gasteiger partial charge >= 0.3 is 6.09 Å². The Morgan fingerprint density at radius 2 is 1.77 bits per heavy atom. The number of aromatic nitrogens is 1. The summed E-state index contributed by atoms with van der Waals surface area (Å²) in [5.74, 6) is 0. The van der Waals surface area contributed by atoms with Crippen molar-refractivity contribution in [2.24, 2.45) is 0 Å². The van der Waals surface area contributed by atoms with Crippen molar-refractivity contribution in [3.05, 3.63) is 66.0 Å². The molecule has 0 saturated carbocycles. The Labute approximate surface area is 130 Å². The number of hydrazine groups is 1. The van der Waals surface area contributed by atoms with E-state index >= 15 is 0 Å². The highest BCUT2D eigenvalue weighted by atomic mass is 16.6. The van der Waals surface area contributed by atoms with Gasteiger partial charge in [0.15, 0.2) is 0 Å². The van der Waals surface area contributed by atoms with E-state index in [0.29, 0.717) is 0 Å². The predicted octanol–water partition coefficient (Wildman–Crippen LogP) is 3.20. The van der Waals surface area contributed by atoms with Gasteiger partial charge in [-0.05, 0) is 38.5 Å². The summed E-state index contributed by atoms with van der Waals surface area (Å²) in [5.41, 5.74) is 6.84. The van der Waals surface area contributed by atoms with Crippen LogP contribution in [0.3, 0.4) is 0 Å². The maximum absolute atomic E-state index is 11.8. The molecule has 5 heteroatoms. The fraction of sp³-hybridized carbons (Fsp3) is 0.294. The summed E-state index contributed by atoms with van der Waals surface area (Å²) in [4.78, 5) is 16.2. The molecule has 1 atom stereocenters. The summed E-state index contributed by atoms with van der Waals surface area (Å²) in [7, 11) is 0. The molecule has 0 radical (unpaired) electrons. The fourth-order valence-electron chi connectivity index (χ4n) is 1.95. The minimum Gasteiger partial charge on any atom is -0.443 e. The van der Waals surface area contributed by atoms with Crippen LogP contribution in [-0.4, -0.2) is 16.7 Å². The third-order valence-corrected chi connectivity index (χ3v) is 2.83. The molecule has 1 unspecified atom stereocenters. The zero-order chi connectivity index (χ0) is 16.0. The number of carbonyl (C=O) groups excluding carboxylic acids is 1. The fourth-order valence-corrected chi connectivity index (χ4v) is 1.95. The number of amides is 1. The Morgan fingerprint density at radius 3 is 2.36 bits per heavy atom. The van der Waals surface area contributed by atoms with Crippen LogP contribution in [-0.2, 0) is 4.74 Å². The standard InChI is InChI=1S/C17H21N3O2/c1-17(2,3)22-16(21)20-19-15(13-9-5-4-6-10-13)14-11-7-8-12-18-14/h4-12,15,19H,1-3H3,(H,20,21). The molecule has 2 aromatic rings. The molecule has 0 saturated heterocycles. The van der Waals surface area contributed by atoms with Crippen LogP contribution >= 0.6 is 0 Å². The number of nitrogens with zero attached hydrogens (tertiary/aromatic N) is 1. The minimum absolute atomic E-state index is 0.255. The van der Waals surface area contributed by atoms with Crippen LogP contribution in [0.1, 0.15) is 38.1 Å². The van der Waals surface area contributed by atoms with Crippen molar-refractivity contribution in [2.45, 2.75) is 32.4 Å². The molecule has 22 heavy (non-hydrogen) atoms. The lowest BCUT2D eigenvalue weighted by molar-refractivity contribution is 0.0491. The highest BCUT2D eigenvalue weighted by molar-refractivity contribution is 5.67. The molecule has 2 rings (SSSR count). The van der Waals surface area contributed by atoms with Gasteiger partial charge in [0.25, 0.3) is 0 Å². The van der Waals surface area contributed by atoms with E-state index in [1.54, 1.807) is 6.20 Å². The zero-order valence-electron chi connectivity index (χ0n) is 13.0. The first kappa shape index (κ1) is 16.0. The number of nitrogens with one attached hydrogen (secondary N) is 2. The number of carbonyl (C=O) groups is 1. The van der Waals surface area contributed by atoms with Crippen LogP contribution in [0.4, 0.5) is 4.79 Å². The lowest BCUT2D eigenvalue weighted by Gasteiger charge is -2.23. The molecule has 0 aliphatic carbocycles. The Balaban J connectivity index is 2.11. The summed E-state index contributed by atoms with van der Waals surface area (Å²) in [6.07, 6.45) is 1.20. The highest BCUT2D eigenvalue weighted by Gasteiger charge is 2.19. The first-order valence-corrected chi connectivity index (χ1v) is 7.16. The molecule has 0 spiro atoms. The molecule has 0 aliphatic rings. The molecule has 0 bridgehead atoms. The Bertz CT molecular complexity index is 555. The predicted molar refractivity (Wildman–Crippen MR) is 85.0 cm³/mol. The first-order valence-electron chi connectivity index (χ1n) is 7.16. The van der Waals surface area contributed by atoms with Gasteiger partial charge in [-0.25, -0.2) is 10.2 Å². The van der Waals surface area contributed by atoms with E-state index in [4.69, 9.17) is 4.74 Å². The van der Waals surface area contributed by atoms with Crippen LogP contribution in [0.15, 0.2) is 54.7 Å². The molecule has 1 heterocycles. The Hall–Kier alpha value is -2.40. The second kappa shape index (κ2) is 7.04. The minimum atomic E-state index is -0.543. The summed E-state index contributed by atoms with van der Waals surface area (Å²) in [6, 6.07) is 15.2. The summed E-state index contributed by atoms with van der Waals surface area (Å²) >= 11 is 0. The molecule has 1 aromatic heterocycles. The highest BCUT2D eigenvalue weighted by Crippen LogP contribution is 2.19. The van der Waals surface area contributed by atoms with Gasteiger partial charge in [-0.1, -0.05) is 36.4 Å². The van der Waals surface area contributed by atoms with Gasteiger partial charge in [0, 0.05) is 6.20 Å². The third kappa shape index (κ3) is 4.86. The second-order valence-electron chi connectivity index (χ2n) is 5.87. The number of benzene rings is 1. The van der Waals surface area contributed by atoms with Crippen molar-refractivity contribution in [3.63, 3.8) is 0 Å². The third-order valence-electron chi connectivity index (χ3n) is 2.83. The lowest BCUT2D eigenvalue weighted by Crippen LogP contribution is -2.43. The van der Waals surface area contributed by atoms with Crippen LogP contribution in [0.5, 0.6) is 0 Å². The monoisotopic (exact) mass is 299 g/mol. The quantitative estimate of drug-likeness (QED) is 0.851. The van der Waals surface area contributed by atoms with Crippen molar-refractivity contribution < 1.29 is 9.53 Å². The summed E-state index contributed by atoms with van der Waals surface area (Å²) in [5, 5.41) is 0. The normalized spacial score (nSPS) is 12.5. The zero-order valence-corrected chi connectivity index (χ0v) is 13.0. The van der Waals surface area contributed by atoms with Gasteiger partial charge in [-0.3, -0.25) is 10.4 Å². The van der Waals surface area contributed by atoms with E-state index < -0.39 is 11.7 Å². The lowest BCUT2D eigenvalue weighted by atomic mass is 10.0. The van der Waals surface area contributed by atoms with E-state index in [9.17, 15) is 4.79 Å². The van der Waals surface area contributed by atoms with Crippen molar-refractivity contribution in [1.29, 1.82) is 0 Å². The van der Waals surface area contributed by atoms with Crippen LogP contribution in [0.2, 0.25) is 0 Å². The molecule has 1 amide bonds. The van der Waals surface area contributed by atoms with E-state index in [1.165, 1.54) is 0 Å². The number of pyridine rings is 1. The number of ether oxygens (including phenoxy) is 1.